The van der Waals surface area contributed by atoms with Crippen LogP contribution in [0.5, 0.6) is 0 Å². The van der Waals surface area contributed by atoms with E-state index in [0.717, 1.165) is 19.4 Å². The van der Waals surface area contributed by atoms with Crippen LogP contribution in [0.4, 0.5) is 11.5 Å². The Morgan fingerprint density at radius 3 is 2.62 bits per heavy atom. The van der Waals surface area contributed by atoms with E-state index in [4.69, 9.17) is 5.11 Å². The first-order valence-electron chi connectivity index (χ1n) is 7.06. The molecule has 1 heterocycles. The number of aromatic nitrogens is 1. The molecule has 0 amide bonds. The number of nitro groups is 1. The van der Waals surface area contributed by atoms with Gasteiger partial charge in [0.15, 0.2) is 0 Å². The summed E-state index contributed by atoms with van der Waals surface area (Å²) in [6.45, 7) is 2.33. The number of hydrogen-bond donors (Lipinski definition) is 2. The number of hydrogen-bond acceptors (Lipinski definition) is 5. The number of nitrogens with one attached hydrogen (secondary N) is 1. The molecule has 2 rings (SSSR count). The highest BCUT2D eigenvalue weighted by atomic mass is 16.6. The van der Waals surface area contributed by atoms with Crippen molar-refractivity contribution < 1.29 is 14.8 Å². The average molecular weight is 293 g/mol. The van der Waals surface area contributed by atoms with Crippen LogP contribution >= 0.6 is 0 Å². The van der Waals surface area contributed by atoms with Crippen molar-refractivity contribution in [3.05, 3.63) is 27.9 Å². The Bertz CT molecular complexity index is 539. The van der Waals surface area contributed by atoms with Gasteiger partial charge in [0.25, 0.3) is 5.69 Å². The molecule has 1 aliphatic carbocycles. The molecule has 0 aliphatic heterocycles. The second kappa shape index (κ2) is 6.51. The van der Waals surface area contributed by atoms with Crippen LogP contribution in [0.15, 0.2) is 12.1 Å². The first kappa shape index (κ1) is 15.2. The fraction of sp³-hybridized carbons (Fsp3) is 0.571. The van der Waals surface area contributed by atoms with E-state index in [1.165, 1.54) is 6.07 Å². The van der Waals surface area contributed by atoms with E-state index in [9.17, 15) is 14.9 Å². The lowest BCUT2D eigenvalue weighted by Crippen LogP contribution is -2.25. The largest absolute Gasteiger partial charge is 0.481 e. The molecule has 0 aromatic carbocycles. The molecule has 1 aliphatic rings. The Hall–Kier alpha value is -2.18. The fourth-order valence-electron chi connectivity index (χ4n) is 2.71. The van der Waals surface area contributed by atoms with E-state index < -0.39 is 10.9 Å². The molecular weight excluding hydrogens is 274 g/mol. The van der Waals surface area contributed by atoms with Crippen molar-refractivity contribution in [1.29, 1.82) is 0 Å². The third kappa shape index (κ3) is 3.90. The van der Waals surface area contributed by atoms with E-state index in [2.05, 4.69) is 10.3 Å². The van der Waals surface area contributed by atoms with Gasteiger partial charge in [-0.15, -0.1) is 0 Å². The predicted octanol–water partition coefficient (Wildman–Crippen LogP) is 2.60. The predicted molar refractivity (Wildman–Crippen MR) is 77.2 cm³/mol. The molecule has 21 heavy (non-hydrogen) atoms. The number of aliphatic carboxylic acids is 1. The van der Waals surface area contributed by atoms with Crippen molar-refractivity contribution in [3.8, 4) is 0 Å². The fourth-order valence-corrected chi connectivity index (χ4v) is 2.71. The lowest BCUT2D eigenvalue weighted by molar-refractivity contribution is -0.385. The van der Waals surface area contributed by atoms with Crippen LogP contribution < -0.4 is 5.32 Å². The summed E-state index contributed by atoms with van der Waals surface area (Å²) in [4.78, 5) is 25.3. The van der Waals surface area contributed by atoms with Gasteiger partial charge in [0.05, 0.1) is 10.8 Å². The highest BCUT2D eigenvalue weighted by Gasteiger charge is 2.25. The summed E-state index contributed by atoms with van der Waals surface area (Å²) in [6, 6.07) is 3.06. The SMILES string of the molecule is Cc1nc(NCC2CCC(C(=O)O)CC2)ccc1[N+](=O)[O-]. The van der Waals surface area contributed by atoms with E-state index in [1.807, 2.05) is 0 Å². The number of carboxylic acid groups (broad SMARTS) is 1. The average Bonchev–Trinajstić information content (AvgIpc) is 2.45. The van der Waals surface area contributed by atoms with Crippen LogP contribution in [0.1, 0.15) is 31.4 Å². The topological polar surface area (TPSA) is 105 Å². The highest BCUT2D eigenvalue weighted by Crippen LogP contribution is 2.29. The van der Waals surface area contributed by atoms with Crippen LogP contribution in [0.3, 0.4) is 0 Å². The number of carbonyl (C=O) groups is 1. The Morgan fingerprint density at radius 1 is 1.43 bits per heavy atom. The van der Waals surface area contributed by atoms with Crippen molar-refractivity contribution in [3.63, 3.8) is 0 Å². The summed E-state index contributed by atoms with van der Waals surface area (Å²) in [7, 11) is 0. The normalized spacial score (nSPS) is 21.8. The number of rotatable bonds is 5. The molecule has 0 atom stereocenters. The third-order valence-corrected chi connectivity index (χ3v) is 4.02. The molecule has 2 N–H and O–H groups in total. The third-order valence-electron chi connectivity index (χ3n) is 4.02. The molecule has 0 saturated heterocycles. The van der Waals surface area contributed by atoms with E-state index in [-0.39, 0.29) is 11.6 Å². The quantitative estimate of drug-likeness (QED) is 0.638. The molecule has 0 unspecified atom stereocenters. The second-order valence-corrected chi connectivity index (χ2v) is 5.49. The molecule has 1 aromatic rings. The molecule has 1 fully saturated rings. The Balaban J connectivity index is 1.85. The van der Waals surface area contributed by atoms with Gasteiger partial charge in [-0.3, -0.25) is 14.9 Å². The minimum absolute atomic E-state index is 0.0162. The van der Waals surface area contributed by atoms with Gasteiger partial charge >= 0.3 is 5.97 Å². The van der Waals surface area contributed by atoms with Crippen LogP contribution in [0, 0.1) is 28.9 Å². The molecule has 1 aromatic heterocycles. The monoisotopic (exact) mass is 293 g/mol. The van der Waals surface area contributed by atoms with E-state index in [0.29, 0.717) is 30.3 Å². The van der Waals surface area contributed by atoms with E-state index >= 15 is 0 Å². The van der Waals surface area contributed by atoms with Crippen LogP contribution in [-0.2, 0) is 4.79 Å². The van der Waals surface area contributed by atoms with Crippen LogP contribution in [-0.4, -0.2) is 27.5 Å². The summed E-state index contributed by atoms with van der Waals surface area (Å²) in [5.41, 5.74) is 0.405. The van der Waals surface area contributed by atoms with Gasteiger partial charge in [0, 0.05) is 12.6 Å². The zero-order valence-electron chi connectivity index (χ0n) is 11.9. The number of pyridine rings is 1. The maximum absolute atomic E-state index is 10.9. The maximum Gasteiger partial charge on any atom is 0.306 e. The molecule has 114 valence electrons. The first-order chi connectivity index (χ1) is 9.97. The standard InChI is InChI=1S/C14H19N3O4/c1-9-12(17(20)21)6-7-13(16-9)15-8-10-2-4-11(5-3-10)14(18)19/h6-7,10-11H,2-5,8H2,1H3,(H,15,16)(H,18,19). The van der Waals surface area contributed by atoms with Gasteiger partial charge in [-0.25, -0.2) is 4.98 Å². The number of carboxylic acids is 1. The number of nitrogens with zero attached hydrogens (tertiary/aromatic N) is 2. The van der Waals surface area contributed by atoms with Crippen molar-refractivity contribution in [2.75, 3.05) is 11.9 Å². The highest BCUT2D eigenvalue weighted by molar-refractivity contribution is 5.70. The summed E-state index contributed by atoms with van der Waals surface area (Å²) in [5, 5.41) is 22.9. The van der Waals surface area contributed by atoms with Crippen molar-refractivity contribution >= 4 is 17.5 Å². The van der Waals surface area contributed by atoms with Crippen molar-refractivity contribution in [1.82, 2.24) is 4.98 Å². The van der Waals surface area contributed by atoms with Gasteiger partial charge in [-0.2, -0.15) is 0 Å². The van der Waals surface area contributed by atoms with Crippen LogP contribution in [0.2, 0.25) is 0 Å². The molecule has 1 saturated carbocycles. The Kier molecular flexibility index (Phi) is 4.72. The van der Waals surface area contributed by atoms with Gasteiger partial charge in [-0.1, -0.05) is 0 Å². The smallest absolute Gasteiger partial charge is 0.306 e. The molecule has 7 heteroatoms. The summed E-state index contributed by atoms with van der Waals surface area (Å²) in [5.74, 6) is 0.145. The van der Waals surface area contributed by atoms with Crippen molar-refractivity contribution in [2.45, 2.75) is 32.6 Å². The van der Waals surface area contributed by atoms with Gasteiger partial charge in [0.2, 0.25) is 0 Å². The minimum atomic E-state index is -0.700. The van der Waals surface area contributed by atoms with Gasteiger partial charge in [0.1, 0.15) is 11.5 Å². The maximum atomic E-state index is 10.9. The Morgan fingerprint density at radius 2 is 2.10 bits per heavy atom. The number of anilines is 1. The summed E-state index contributed by atoms with van der Waals surface area (Å²) >= 11 is 0. The zero-order valence-corrected chi connectivity index (χ0v) is 11.9. The Labute approximate surface area is 122 Å². The van der Waals surface area contributed by atoms with Crippen molar-refractivity contribution in [2.24, 2.45) is 11.8 Å². The molecule has 0 spiro atoms. The molecular formula is C14H19N3O4. The zero-order chi connectivity index (χ0) is 15.4. The molecule has 7 nitrogen and oxygen atoms in total. The summed E-state index contributed by atoms with van der Waals surface area (Å²) in [6.07, 6.45) is 3.20. The molecule has 0 radical (unpaired) electrons. The minimum Gasteiger partial charge on any atom is -0.481 e. The second-order valence-electron chi connectivity index (χ2n) is 5.49. The number of aryl methyl sites for hydroxylation is 1. The first-order valence-corrected chi connectivity index (χ1v) is 7.06. The molecule has 0 bridgehead atoms. The van der Waals surface area contributed by atoms with Crippen LogP contribution in [0.25, 0.3) is 0 Å². The lowest BCUT2D eigenvalue weighted by atomic mass is 9.82. The van der Waals surface area contributed by atoms with Gasteiger partial charge < -0.3 is 10.4 Å². The summed E-state index contributed by atoms with van der Waals surface area (Å²) < 4.78 is 0. The van der Waals surface area contributed by atoms with E-state index in [1.54, 1.807) is 13.0 Å². The lowest BCUT2D eigenvalue weighted by Gasteiger charge is -2.26. The van der Waals surface area contributed by atoms with Gasteiger partial charge in [-0.05, 0) is 44.6 Å².